The lowest BCUT2D eigenvalue weighted by atomic mass is 9.87. The van der Waals surface area contributed by atoms with Crippen molar-refractivity contribution in [3.05, 3.63) is 30.1 Å². The molecule has 0 aliphatic carbocycles. The van der Waals surface area contributed by atoms with Gasteiger partial charge < -0.3 is 10.6 Å². The fourth-order valence-electron chi connectivity index (χ4n) is 1.82. The van der Waals surface area contributed by atoms with Crippen molar-refractivity contribution in [3.63, 3.8) is 0 Å². The first-order chi connectivity index (χ1) is 7.97. The van der Waals surface area contributed by atoms with Gasteiger partial charge in [-0.1, -0.05) is 19.9 Å². The van der Waals surface area contributed by atoms with Crippen molar-refractivity contribution in [2.45, 2.75) is 26.8 Å². The van der Waals surface area contributed by atoms with Crippen LogP contribution in [0.1, 0.15) is 25.8 Å². The fraction of sp³-hybridized carbons (Fsp3) is 0.538. The maximum Gasteiger partial charge on any atom is 0.228 e. The summed E-state index contributed by atoms with van der Waals surface area (Å²) in [6, 6.07) is 3.84. The van der Waals surface area contributed by atoms with E-state index in [0.717, 1.165) is 5.56 Å². The lowest BCUT2D eigenvalue weighted by Crippen LogP contribution is -2.39. The molecule has 0 spiro atoms. The minimum absolute atomic E-state index is 0.117. The minimum atomic E-state index is -0.397. The van der Waals surface area contributed by atoms with E-state index in [9.17, 15) is 4.79 Å². The maximum atomic E-state index is 12.2. The SMILES string of the molecule is CN(Cc1cccnc1)C(=O)C(C)(C)CCN. The van der Waals surface area contributed by atoms with Gasteiger partial charge in [-0.25, -0.2) is 0 Å². The highest BCUT2D eigenvalue weighted by Crippen LogP contribution is 2.22. The summed E-state index contributed by atoms with van der Waals surface area (Å²) in [4.78, 5) is 18.0. The molecule has 4 heteroatoms. The van der Waals surface area contributed by atoms with Gasteiger partial charge in [0.1, 0.15) is 0 Å². The molecule has 0 bridgehead atoms. The van der Waals surface area contributed by atoms with E-state index in [1.54, 1.807) is 17.3 Å². The first-order valence-electron chi connectivity index (χ1n) is 5.82. The first kappa shape index (κ1) is 13.6. The van der Waals surface area contributed by atoms with Crippen LogP contribution in [-0.4, -0.2) is 29.4 Å². The third-order valence-electron chi connectivity index (χ3n) is 2.84. The highest BCUT2D eigenvalue weighted by atomic mass is 16.2. The number of aromatic nitrogens is 1. The molecule has 94 valence electrons. The Labute approximate surface area is 103 Å². The highest BCUT2D eigenvalue weighted by molar-refractivity contribution is 5.81. The Morgan fingerprint density at radius 1 is 1.53 bits per heavy atom. The predicted octanol–water partition coefficient (Wildman–Crippen LogP) is 1.41. The van der Waals surface area contributed by atoms with Gasteiger partial charge in [-0.3, -0.25) is 9.78 Å². The summed E-state index contributed by atoms with van der Waals surface area (Å²) < 4.78 is 0. The number of nitrogens with two attached hydrogens (primary N) is 1. The average Bonchev–Trinajstić information content (AvgIpc) is 2.29. The Morgan fingerprint density at radius 3 is 2.76 bits per heavy atom. The Kier molecular flexibility index (Phi) is 4.63. The van der Waals surface area contributed by atoms with Crippen molar-refractivity contribution < 1.29 is 4.79 Å². The zero-order chi connectivity index (χ0) is 12.9. The number of nitrogens with zero attached hydrogens (tertiary/aromatic N) is 2. The summed E-state index contributed by atoms with van der Waals surface area (Å²) in [6.07, 6.45) is 4.20. The molecular formula is C13H21N3O. The fourth-order valence-corrected chi connectivity index (χ4v) is 1.82. The molecule has 0 aromatic carbocycles. The molecule has 0 atom stereocenters. The molecule has 1 aromatic rings. The first-order valence-corrected chi connectivity index (χ1v) is 5.82. The smallest absolute Gasteiger partial charge is 0.228 e. The topological polar surface area (TPSA) is 59.2 Å². The molecule has 0 fully saturated rings. The Bertz CT molecular complexity index is 362. The van der Waals surface area contributed by atoms with E-state index < -0.39 is 5.41 Å². The van der Waals surface area contributed by atoms with E-state index in [4.69, 9.17) is 5.73 Å². The second-order valence-electron chi connectivity index (χ2n) is 4.95. The van der Waals surface area contributed by atoms with Gasteiger partial charge in [0.15, 0.2) is 0 Å². The van der Waals surface area contributed by atoms with Crippen LogP contribution in [0.25, 0.3) is 0 Å². The third-order valence-corrected chi connectivity index (χ3v) is 2.84. The molecule has 0 aliphatic heterocycles. The van der Waals surface area contributed by atoms with E-state index in [0.29, 0.717) is 19.5 Å². The molecule has 0 unspecified atom stereocenters. The summed E-state index contributed by atoms with van der Waals surface area (Å²) in [6.45, 7) is 4.98. The van der Waals surface area contributed by atoms with Gasteiger partial charge in [-0.15, -0.1) is 0 Å². The normalized spacial score (nSPS) is 11.3. The molecule has 0 aliphatic rings. The van der Waals surface area contributed by atoms with Crippen molar-refractivity contribution in [1.29, 1.82) is 0 Å². The summed E-state index contributed by atoms with van der Waals surface area (Å²) >= 11 is 0. The number of rotatable bonds is 5. The van der Waals surface area contributed by atoms with Crippen LogP contribution in [0.2, 0.25) is 0 Å². The summed E-state index contributed by atoms with van der Waals surface area (Å²) in [5, 5.41) is 0. The van der Waals surface area contributed by atoms with Crippen LogP contribution >= 0.6 is 0 Å². The van der Waals surface area contributed by atoms with Crippen LogP contribution in [0.4, 0.5) is 0 Å². The predicted molar refractivity (Wildman–Crippen MR) is 68.2 cm³/mol. The molecule has 2 N–H and O–H groups in total. The molecule has 1 aromatic heterocycles. The Morgan fingerprint density at radius 2 is 2.24 bits per heavy atom. The lowest BCUT2D eigenvalue weighted by Gasteiger charge is -2.29. The molecule has 1 amide bonds. The molecule has 1 rings (SSSR count). The molecule has 0 saturated heterocycles. The number of carbonyl (C=O) groups excluding carboxylic acids is 1. The molecule has 17 heavy (non-hydrogen) atoms. The minimum Gasteiger partial charge on any atom is -0.341 e. The summed E-state index contributed by atoms with van der Waals surface area (Å²) in [5.74, 6) is 0.117. The lowest BCUT2D eigenvalue weighted by molar-refractivity contribution is -0.139. The second kappa shape index (κ2) is 5.77. The quantitative estimate of drug-likeness (QED) is 0.839. The van der Waals surface area contributed by atoms with E-state index in [1.165, 1.54) is 0 Å². The third kappa shape index (κ3) is 3.82. The maximum absolute atomic E-state index is 12.2. The number of hydrogen-bond acceptors (Lipinski definition) is 3. The zero-order valence-electron chi connectivity index (χ0n) is 10.8. The van der Waals surface area contributed by atoms with Crippen LogP contribution in [-0.2, 0) is 11.3 Å². The Balaban J connectivity index is 2.65. The molecule has 0 radical (unpaired) electrons. The zero-order valence-corrected chi connectivity index (χ0v) is 10.8. The van der Waals surface area contributed by atoms with Gasteiger partial charge in [0, 0.05) is 31.4 Å². The molecular weight excluding hydrogens is 214 g/mol. The number of pyridine rings is 1. The van der Waals surface area contributed by atoms with Gasteiger partial charge in [0.25, 0.3) is 0 Å². The van der Waals surface area contributed by atoms with Crippen LogP contribution in [0, 0.1) is 5.41 Å². The van der Waals surface area contributed by atoms with Crippen LogP contribution in [0.5, 0.6) is 0 Å². The van der Waals surface area contributed by atoms with E-state index >= 15 is 0 Å². The number of hydrogen-bond donors (Lipinski definition) is 1. The molecule has 0 saturated carbocycles. The van der Waals surface area contributed by atoms with E-state index in [2.05, 4.69) is 4.98 Å². The van der Waals surface area contributed by atoms with Crippen LogP contribution < -0.4 is 5.73 Å². The van der Waals surface area contributed by atoms with Crippen molar-refractivity contribution in [2.75, 3.05) is 13.6 Å². The Hall–Kier alpha value is -1.42. The van der Waals surface area contributed by atoms with Crippen LogP contribution in [0.3, 0.4) is 0 Å². The van der Waals surface area contributed by atoms with Gasteiger partial charge in [0.2, 0.25) is 5.91 Å². The van der Waals surface area contributed by atoms with Gasteiger partial charge in [-0.2, -0.15) is 0 Å². The standard InChI is InChI=1S/C13H21N3O/c1-13(2,6-7-14)12(17)16(3)10-11-5-4-8-15-9-11/h4-5,8-9H,6-7,10,14H2,1-3H3. The van der Waals surface area contributed by atoms with Crippen molar-refractivity contribution in [2.24, 2.45) is 11.1 Å². The highest BCUT2D eigenvalue weighted by Gasteiger charge is 2.29. The number of carbonyl (C=O) groups is 1. The van der Waals surface area contributed by atoms with Gasteiger partial charge >= 0.3 is 0 Å². The van der Waals surface area contributed by atoms with Crippen molar-refractivity contribution in [3.8, 4) is 0 Å². The second-order valence-corrected chi connectivity index (χ2v) is 4.95. The van der Waals surface area contributed by atoms with Crippen LogP contribution in [0.15, 0.2) is 24.5 Å². The average molecular weight is 235 g/mol. The monoisotopic (exact) mass is 235 g/mol. The molecule has 4 nitrogen and oxygen atoms in total. The van der Waals surface area contributed by atoms with Gasteiger partial charge in [-0.05, 0) is 24.6 Å². The van der Waals surface area contributed by atoms with Crippen molar-refractivity contribution in [1.82, 2.24) is 9.88 Å². The van der Waals surface area contributed by atoms with E-state index in [1.807, 2.05) is 33.0 Å². The molecule has 1 heterocycles. The van der Waals surface area contributed by atoms with Crippen molar-refractivity contribution >= 4 is 5.91 Å². The summed E-state index contributed by atoms with van der Waals surface area (Å²) in [7, 11) is 1.81. The van der Waals surface area contributed by atoms with Gasteiger partial charge in [0.05, 0.1) is 0 Å². The van der Waals surface area contributed by atoms with E-state index in [-0.39, 0.29) is 5.91 Å². The number of amides is 1. The largest absolute Gasteiger partial charge is 0.341 e. The summed E-state index contributed by atoms with van der Waals surface area (Å²) in [5.41, 5.74) is 6.16.